The van der Waals surface area contributed by atoms with Gasteiger partial charge < -0.3 is 10.6 Å². The summed E-state index contributed by atoms with van der Waals surface area (Å²) in [7, 11) is 0. The predicted molar refractivity (Wildman–Crippen MR) is 116 cm³/mol. The number of hydrogen-bond acceptors (Lipinski definition) is 7. The molecule has 3 heterocycles. The number of rotatable bonds is 7. The van der Waals surface area contributed by atoms with Crippen molar-refractivity contribution in [3.8, 4) is 10.7 Å². The fourth-order valence-corrected chi connectivity index (χ4v) is 4.50. The van der Waals surface area contributed by atoms with Crippen molar-refractivity contribution >= 4 is 33.8 Å². The van der Waals surface area contributed by atoms with Crippen LogP contribution in [0.1, 0.15) is 30.7 Å². The Morgan fingerprint density at radius 1 is 1.10 bits per heavy atom. The molecule has 0 bridgehead atoms. The lowest BCUT2D eigenvalue weighted by Crippen LogP contribution is -2.44. The number of amides is 1. The maximum absolute atomic E-state index is 12.7. The number of fused-ring (bicyclic) bond motifs is 1. The van der Waals surface area contributed by atoms with E-state index in [2.05, 4.69) is 30.8 Å². The van der Waals surface area contributed by atoms with Crippen LogP contribution in [-0.4, -0.2) is 51.5 Å². The number of anilines is 1. The van der Waals surface area contributed by atoms with E-state index in [4.69, 9.17) is 0 Å². The summed E-state index contributed by atoms with van der Waals surface area (Å²) in [6.45, 7) is 0.449. The molecule has 0 radical (unpaired) electrons. The van der Waals surface area contributed by atoms with Gasteiger partial charge in [-0.3, -0.25) is 9.78 Å². The Kier molecular flexibility index (Phi) is 6.77. The zero-order valence-electron chi connectivity index (χ0n) is 17.1. The van der Waals surface area contributed by atoms with Crippen molar-refractivity contribution in [2.45, 2.75) is 44.7 Å². The van der Waals surface area contributed by atoms with Crippen LogP contribution in [0.3, 0.4) is 0 Å². The number of nitrogens with one attached hydrogen (secondary N) is 2. The number of hydrogen-bond donors (Lipinski definition) is 2. The van der Waals surface area contributed by atoms with Gasteiger partial charge in [-0.1, -0.05) is 11.3 Å². The van der Waals surface area contributed by atoms with Gasteiger partial charge in [-0.2, -0.15) is 0 Å². The van der Waals surface area contributed by atoms with Gasteiger partial charge in [0.25, 0.3) is 0 Å². The fourth-order valence-electron chi connectivity index (χ4n) is 3.84. The van der Waals surface area contributed by atoms with Crippen molar-refractivity contribution < 1.29 is 13.6 Å². The third kappa shape index (κ3) is 5.19. The Morgan fingerprint density at radius 2 is 1.84 bits per heavy atom. The van der Waals surface area contributed by atoms with Crippen molar-refractivity contribution in [3.05, 3.63) is 29.5 Å². The number of aromatic nitrogens is 4. The van der Waals surface area contributed by atoms with E-state index in [9.17, 15) is 13.6 Å². The minimum Gasteiger partial charge on any atom is -0.310 e. The molecule has 1 amide bonds. The number of carbonyl (C=O) groups excluding carboxylic acids is 1. The quantitative estimate of drug-likeness (QED) is 0.573. The highest BCUT2D eigenvalue weighted by molar-refractivity contribution is 7.14. The molecule has 164 valence electrons. The highest BCUT2D eigenvalue weighted by Gasteiger charge is 2.27. The summed E-state index contributed by atoms with van der Waals surface area (Å²) >= 11 is 1.47. The highest BCUT2D eigenvalue weighted by Crippen LogP contribution is 2.28. The second kappa shape index (κ2) is 9.69. The monoisotopic (exact) mass is 446 g/mol. The van der Waals surface area contributed by atoms with E-state index in [0.29, 0.717) is 18.7 Å². The second-order valence-corrected chi connectivity index (χ2v) is 9.00. The Labute approximate surface area is 182 Å². The topological polar surface area (TPSA) is 92.7 Å². The second-order valence-electron chi connectivity index (χ2n) is 7.82. The molecule has 0 saturated heterocycles. The number of halogens is 2. The average Bonchev–Trinajstić information content (AvgIpc) is 3.23. The zero-order chi connectivity index (χ0) is 21.8. The zero-order valence-corrected chi connectivity index (χ0v) is 18.0. The lowest BCUT2D eigenvalue weighted by molar-refractivity contribution is -0.120. The first-order valence-electron chi connectivity index (χ1n) is 10.3. The van der Waals surface area contributed by atoms with E-state index in [1.807, 2.05) is 19.1 Å². The van der Waals surface area contributed by atoms with E-state index >= 15 is 0 Å². The van der Waals surface area contributed by atoms with Crippen LogP contribution in [0.15, 0.2) is 24.5 Å². The molecule has 31 heavy (non-hydrogen) atoms. The van der Waals surface area contributed by atoms with Gasteiger partial charge in [-0.15, -0.1) is 10.2 Å². The number of carbonyl (C=O) groups is 1. The van der Waals surface area contributed by atoms with Crippen LogP contribution in [0.5, 0.6) is 0 Å². The van der Waals surface area contributed by atoms with Gasteiger partial charge in [-0.05, 0) is 50.1 Å². The SMILES string of the molecule is Cc1nnc(-c2cc3cc(NC(=O)C4CCC(NC(CF)CF)CC4)ncc3cn2)s1. The van der Waals surface area contributed by atoms with E-state index in [1.54, 1.807) is 12.4 Å². The van der Waals surface area contributed by atoms with Crippen molar-refractivity contribution in [1.29, 1.82) is 0 Å². The number of nitrogens with zero attached hydrogens (tertiary/aromatic N) is 4. The van der Waals surface area contributed by atoms with Crippen molar-refractivity contribution in [2.24, 2.45) is 5.92 Å². The van der Waals surface area contributed by atoms with Gasteiger partial charge in [0, 0.05) is 29.7 Å². The Bertz CT molecular complexity index is 1050. The van der Waals surface area contributed by atoms with Crippen LogP contribution in [0.25, 0.3) is 21.5 Å². The van der Waals surface area contributed by atoms with E-state index in [0.717, 1.165) is 39.3 Å². The van der Waals surface area contributed by atoms with E-state index < -0.39 is 19.4 Å². The number of pyridine rings is 2. The standard InChI is InChI=1S/C21H24F2N6OS/c1-12-28-29-21(31-12)18-6-14-7-19(25-11-15(14)10-24-18)27-20(30)13-2-4-16(5-3-13)26-17(8-22)9-23/h6-7,10-11,13,16-17,26H,2-5,8-9H2,1H3,(H,25,27,30). The van der Waals surface area contributed by atoms with Crippen LogP contribution >= 0.6 is 11.3 Å². The molecule has 3 aromatic heterocycles. The molecule has 1 saturated carbocycles. The molecule has 3 aromatic rings. The van der Waals surface area contributed by atoms with Gasteiger partial charge in [0.05, 0.1) is 6.04 Å². The van der Waals surface area contributed by atoms with Gasteiger partial charge in [0.2, 0.25) is 5.91 Å². The Hall–Kier alpha value is -2.59. The van der Waals surface area contributed by atoms with Gasteiger partial charge >= 0.3 is 0 Å². The average molecular weight is 447 g/mol. The predicted octanol–water partition coefficient (Wildman–Crippen LogP) is 3.85. The largest absolute Gasteiger partial charge is 0.310 e. The normalized spacial score (nSPS) is 19.1. The molecule has 4 rings (SSSR count). The maximum Gasteiger partial charge on any atom is 0.228 e. The van der Waals surface area contributed by atoms with Crippen LogP contribution in [0.2, 0.25) is 0 Å². The lowest BCUT2D eigenvalue weighted by atomic mass is 9.85. The summed E-state index contributed by atoms with van der Waals surface area (Å²) < 4.78 is 25.4. The number of aryl methyl sites for hydroxylation is 1. The van der Waals surface area contributed by atoms with E-state index in [1.165, 1.54) is 11.3 Å². The van der Waals surface area contributed by atoms with Crippen molar-refractivity contribution in [2.75, 3.05) is 18.7 Å². The summed E-state index contributed by atoms with van der Waals surface area (Å²) in [6.07, 6.45) is 6.20. The molecular weight excluding hydrogens is 422 g/mol. The molecule has 0 unspecified atom stereocenters. The first kappa shape index (κ1) is 21.6. The molecule has 0 spiro atoms. The van der Waals surface area contributed by atoms with Crippen molar-refractivity contribution in [1.82, 2.24) is 25.5 Å². The van der Waals surface area contributed by atoms with Gasteiger partial charge in [-0.25, -0.2) is 13.8 Å². The molecule has 1 aliphatic rings. The summed E-state index contributed by atoms with van der Waals surface area (Å²) in [5.74, 6) is 0.271. The van der Waals surface area contributed by atoms with Gasteiger partial charge in [0.15, 0.2) is 5.01 Å². The smallest absolute Gasteiger partial charge is 0.228 e. The molecule has 10 heteroatoms. The summed E-state index contributed by atoms with van der Waals surface area (Å²) in [4.78, 5) is 21.5. The molecule has 0 aromatic carbocycles. The third-order valence-corrected chi connectivity index (χ3v) is 6.40. The molecular formula is C21H24F2N6OS. The molecule has 0 aliphatic heterocycles. The maximum atomic E-state index is 12.7. The lowest BCUT2D eigenvalue weighted by Gasteiger charge is -2.30. The van der Waals surface area contributed by atoms with Crippen LogP contribution in [0, 0.1) is 12.8 Å². The third-order valence-electron chi connectivity index (χ3n) is 5.54. The molecule has 1 fully saturated rings. The fraction of sp³-hybridized carbons (Fsp3) is 0.476. The Balaban J connectivity index is 1.39. The highest BCUT2D eigenvalue weighted by atomic mass is 32.1. The summed E-state index contributed by atoms with van der Waals surface area (Å²) in [5, 5.41) is 17.5. The summed E-state index contributed by atoms with van der Waals surface area (Å²) in [6, 6.07) is 3.04. The van der Waals surface area contributed by atoms with Crippen LogP contribution in [-0.2, 0) is 4.79 Å². The van der Waals surface area contributed by atoms with Crippen LogP contribution in [0.4, 0.5) is 14.6 Å². The minimum absolute atomic E-state index is 0.0502. The first-order chi connectivity index (χ1) is 15.1. The molecule has 0 atom stereocenters. The molecule has 2 N–H and O–H groups in total. The molecule has 1 aliphatic carbocycles. The summed E-state index contributed by atoms with van der Waals surface area (Å²) in [5.41, 5.74) is 0.729. The number of alkyl halides is 2. The van der Waals surface area contributed by atoms with E-state index in [-0.39, 0.29) is 17.9 Å². The minimum atomic E-state index is -0.749. The van der Waals surface area contributed by atoms with Gasteiger partial charge in [0.1, 0.15) is 29.9 Å². The Morgan fingerprint density at radius 3 is 2.52 bits per heavy atom. The first-order valence-corrected chi connectivity index (χ1v) is 11.1. The van der Waals surface area contributed by atoms with Crippen LogP contribution < -0.4 is 10.6 Å². The molecule has 7 nitrogen and oxygen atoms in total. The van der Waals surface area contributed by atoms with Crippen molar-refractivity contribution in [3.63, 3.8) is 0 Å².